The van der Waals surface area contributed by atoms with Crippen LogP contribution in [-0.4, -0.2) is 18.2 Å². The van der Waals surface area contributed by atoms with Gasteiger partial charge in [0.2, 0.25) is 0 Å². The Labute approximate surface area is 123 Å². The molecule has 0 aliphatic heterocycles. The van der Waals surface area contributed by atoms with E-state index in [0.717, 1.165) is 0 Å². The summed E-state index contributed by atoms with van der Waals surface area (Å²) in [5.74, 6) is 0. The van der Waals surface area contributed by atoms with Crippen LogP contribution in [0.3, 0.4) is 0 Å². The molecular weight excluding hydrogens is 270 g/mol. The SMILES string of the molecule is CC(C)(C)OC(=O)NCC=Cc1cccc2ccsc12. The molecule has 2 aromatic rings. The minimum absolute atomic E-state index is 0.392. The zero-order chi connectivity index (χ0) is 14.6. The third-order valence-electron chi connectivity index (χ3n) is 2.57. The molecule has 1 aromatic carbocycles. The number of ether oxygens (including phenoxy) is 1. The van der Waals surface area contributed by atoms with Crippen LogP contribution < -0.4 is 5.32 Å². The summed E-state index contributed by atoms with van der Waals surface area (Å²) < 4.78 is 6.43. The fourth-order valence-corrected chi connectivity index (χ4v) is 2.68. The van der Waals surface area contributed by atoms with Gasteiger partial charge < -0.3 is 10.1 Å². The van der Waals surface area contributed by atoms with Gasteiger partial charge in [0.05, 0.1) is 0 Å². The summed E-state index contributed by atoms with van der Waals surface area (Å²) in [5, 5.41) is 6.04. The largest absolute Gasteiger partial charge is 0.444 e. The average molecular weight is 289 g/mol. The maximum Gasteiger partial charge on any atom is 0.407 e. The summed E-state index contributed by atoms with van der Waals surface area (Å²) >= 11 is 1.72. The Bertz CT molecular complexity index is 623. The summed E-state index contributed by atoms with van der Waals surface area (Å²) in [7, 11) is 0. The van der Waals surface area contributed by atoms with Gasteiger partial charge >= 0.3 is 6.09 Å². The zero-order valence-electron chi connectivity index (χ0n) is 12.0. The number of fused-ring (bicyclic) bond motifs is 1. The first-order valence-electron chi connectivity index (χ1n) is 6.55. The van der Waals surface area contributed by atoms with E-state index in [2.05, 4.69) is 28.9 Å². The molecule has 0 spiro atoms. The molecule has 3 nitrogen and oxygen atoms in total. The van der Waals surface area contributed by atoms with Crippen LogP contribution >= 0.6 is 11.3 Å². The first-order valence-corrected chi connectivity index (χ1v) is 7.43. The normalized spacial score (nSPS) is 11.9. The molecule has 1 heterocycles. The van der Waals surface area contributed by atoms with E-state index in [4.69, 9.17) is 4.74 Å². The van der Waals surface area contributed by atoms with Crippen molar-refractivity contribution >= 4 is 33.6 Å². The van der Waals surface area contributed by atoms with Crippen LogP contribution in [0.2, 0.25) is 0 Å². The molecular formula is C16H19NO2S. The Hall–Kier alpha value is -1.81. The molecule has 106 valence electrons. The summed E-state index contributed by atoms with van der Waals surface area (Å²) in [4.78, 5) is 11.5. The topological polar surface area (TPSA) is 38.3 Å². The Balaban J connectivity index is 1.91. The van der Waals surface area contributed by atoms with Crippen LogP contribution in [0.15, 0.2) is 35.7 Å². The van der Waals surface area contributed by atoms with E-state index in [0.29, 0.717) is 6.54 Å². The van der Waals surface area contributed by atoms with Gasteiger partial charge in [-0.25, -0.2) is 4.79 Å². The van der Waals surface area contributed by atoms with Crippen LogP contribution in [0.4, 0.5) is 4.79 Å². The first kappa shape index (κ1) is 14.6. The van der Waals surface area contributed by atoms with Crippen molar-refractivity contribution in [1.29, 1.82) is 0 Å². The number of thiophene rings is 1. The highest BCUT2D eigenvalue weighted by Crippen LogP contribution is 2.25. The highest BCUT2D eigenvalue weighted by atomic mass is 32.1. The maximum absolute atomic E-state index is 11.5. The van der Waals surface area contributed by atoms with Crippen LogP contribution in [0.1, 0.15) is 26.3 Å². The van der Waals surface area contributed by atoms with Gasteiger partial charge in [0.1, 0.15) is 5.60 Å². The molecule has 0 saturated heterocycles. The Morgan fingerprint density at radius 1 is 1.35 bits per heavy atom. The lowest BCUT2D eigenvalue weighted by molar-refractivity contribution is 0.0534. The molecule has 0 saturated carbocycles. The van der Waals surface area contributed by atoms with Crippen molar-refractivity contribution in [3.8, 4) is 0 Å². The summed E-state index contributed by atoms with van der Waals surface area (Å²) in [6.45, 7) is 6.00. The predicted molar refractivity (Wildman–Crippen MR) is 85.1 cm³/mol. The number of hydrogen-bond acceptors (Lipinski definition) is 3. The minimum Gasteiger partial charge on any atom is -0.444 e. The van der Waals surface area contributed by atoms with Gasteiger partial charge in [0.25, 0.3) is 0 Å². The van der Waals surface area contributed by atoms with E-state index in [9.17, 15) is 4.79 Å². The molecule has 1 N–H and O–H groups in total. The molecule has 0 radical (unpaired) electrons. The molecule has 0 aliphatic carbocycles. The standard InChI is InChI=1S/C16H19NO2S/c1-16(2,3)19-15(18)17-10-5-8-12-6-4-7-13-9-11-20-14(12)13/h4-9,11H,10H2,1-3H3,(H,17,18). The number of benzene rings is 1. The molecule has 0 fully saturated rings. The van der Waals surface area contributed by atoms with Crippen molar-refractivity contribution < 1.29 is 9.53 Å². The molecule has 0 aliphatic rings. The quantitative estimate of drug-likeness (QED) is 0.907. The average Bonchev–Trinajstić information content (AvgIpc) is 2.81. The van der Waals surface area contributed by atoms with E-state index >= 15 is 0 Å². The molecule has 0 unspecified atom stereocenters. The Morgan fingerprint density at radius 3 is 2.90 bits per heavy atom. The molecule has 20 heavy (non-hydrogen) atoms. The number of hydrogen-bond donors (Lipinski definition) is 1. The van der Waals surface area contributed by atoms with E-state index in [1.165, 1.54) is 15.6 Å². The second-order valence-electron chi connectivity index (χ2n) is 5.47. The van der Waals surface area contributed by atoms with E-state index in [1.54, 1.807) is 11.3 Å². The van der Waals surface area contributed by atoms with Crippen molar-refractivity contribution in [2.24, 2.45) is 0 Å². The first-order chi connectivity index (χ1) is 9.46. The summed E-state index contributed by atoms with van der Waals surface area (Å²) in [5.41, 5.74) is 0.708. The van der Waals surface area contributed by atoms with Crippen molar-refractivity contribution in [2.75, 3.05) is 6.54 Å². The van der Waals surface area contributed by atoms with Gasteiger partial charge in [-0.3, -0.25) is 0 Å². The molecule has 2 rings (SSSR count). The van der Waals surface area contributed by atoms with Gasteiger partial charge in [-0.15, -0.1) is 11.3 Å². The molecule has 1 aromatic heterocycles. The maximum atomic E-state index is 11.5. The highest BCUT2D eigenvalue weighted by Gasteiger charge is 2.14. The second-order valence-corrected chi connectivity index (χ2v) is 6.39. The van der Waals surface area contributed by atoms with Crippen molar-refractivity contribution in [3.05, 3.63) is 41.3 Å². The van der Waals surface area contributed by atoms with Crippen molar-refractivity contribution in [1.82, 2.24) is 5.32 Å². The zero-order valence-corrected chi connectivity index (χ0v) is 12.8. The van der Waals surface area contributed by atoms with Crippen LogP contribution in [-0.2, 0) is 4.74 Å². The van der Waals surface area contributed by atoms with Gasteiger partial charge in [-0.2, -0.15) is 0 Å². The fraction of sp³-hybridized carbons (Fsp3) is 0.312. The lowest BCUT2D eigenvalue weighted by Crippen LogP contribution is -2.32. The molecule has 4 heteroatoms. The summed E-state index contributed by atoms with van der Waals surface area (Å²) in [6, 6.07) is 8.32. The molecule has 0 bridgehead atoms. The van der Waals surface area contributed by atoms with E-state index in [-0.39, 0.29) is 0 Å². The van der Waals surface area contributed by atoms with Gasteiger partial charge in [-0.1, -0.05) is 30.4 Å². The lowest BCUT2D eigenvalue weighted by atomic mass is 10.1. The predicted octanol–water partition coefficient (Wildman–Crippen LogP) is 4.44. The van der Waals surface area contributed by atoms with Gasteiger partial charge in [-0.05, 0) is 43.2 Å². The summed E-state index contributed by atoms with van der Waals surface area (Å²) in [6.07, 6.45) is 3.56. The minimum atomic E-state index is -0.462. The third kappa shape index (κ3) is 4.10. The van der Waals surface area contributed by atoms with Crippen molar-refractivity contribution in [2.45, 2.75) is 26.4 Å². The number of carbonyl (C=O) groups excluding carboxylic acids is 1. The van der Waals surface area contributed by atoms with E-state index < -0.39 is 11.7 Å². The Morgan fingerprint density at radius 2 is 2.15 bits per heavy atom. The van der Waals surface area contributed by atoms with Crippen LogP contribution in [0.25, 0.3) is 16.2 Å². The highest BCUT2D eigenvalue weighted by molar-refractivity contribution is 7.17. The molecule has 0 atom stereocenters. The van der Waals surface area contributed by atoms with E-state index in [1.807, 2.05) is 39.0 Å². The van der Waals surface area contributed by atoms with Crippen LogP contribution in [0, 0.1) is 0 Å². The fourth-order valence-electron chi connectivity index (χ4n) is 1.79. The van der Waals surface area contributed by atoms with Gasteiger partial charge in [0.15, 0.2) is 0 Å². The number of alkyl carbamates (subject to hydrolysis) is 1. The number of nitrogens with one attached hydrogen (secondary N) is 1. The van der Waals surface area contributed by atoms with Crippen molar-refractivity contribution in [3.63, 3.8) is 0 Å². The lowest BCUT2D eigenvalue weighted by Gasteiger charge is -2.19. The number of carbonyl (C=O) groups is 1. The monoisotopic (exact) mass is 289 g/mol. The van der Waals surface area contributed by atoms with Crippen LogP contribution in [0.5, 0.6) is 0 Å². The number of rotatable bonds is 3. The van der Waals surface area contributed by atoms with Gasteiger partial charge in [0, 0.05) is 11.2 Å². The molecule has 1 amide bonds. The third-order valence-corrected chi connectivity index (χ3v) is 3.55. The smallest absolute Gasteiger partial charge is 0.407 e. The number of amides is 1. The Kier molecular flexibility index (Phi) is 4.45. The second kappa shape index (κ2) is 6.09.